The van der Waals surface area contributed by atoms with Crippen LogP contribution in [0.4, 0.5) is 4.39 Å². The van der Waals surface area contributed by atoms with Crippen LogP contribution in [0.3, 0.4) is 0 Å². The van der Waals surface area contributed by atoms with E-state index >= 15 is 0 Å². The molecule has 3 heterocycles. The van der Waals surface area contributed by atoms with Crippen LogP contribution < -0.4 is 4.74 Å². The summed E-state index contributed by atoms with van der Waals surface area (Å²) in [6.45, 7) is 7.12. The molecule has 158 valence electrons. The topological polar surface area (TPSA) is 54.4 Å². The lowest BCUT2D eigenvalue weighted by atomic mass is 10.1. The highest BCUT2D eigenvalue weighted by Crippen LogP contribution is 2.26. The second-order valence-electron chi connectivity index (χ2n) is 8.49. The third kappa shape index (κ3) is 4.55. The molecule has 3 aliphatic heterocycles. The van der Waals surface area contributed by atoms with Gasteiger partial charge >= 0.3 is 0 Å². The molecule has 0 aliphatic carbocycles. The van der Waals surface area contributed by atoms with Gasteiger partial charge in [-0.05, 0) is 58.2 Å². The molecular weight excluding hydrogens is 373 g/mol. The highest BCUT2D eigenvalue weighted by Gasteiger charge is 2.34. The van der Waals surface area contributed by atoms with Gasteiger partial charge in [-0.15, -0.1) is 0 Å². The van der Waals surface area contributed by atoms with Crippen molar-refractivity contribution < 1.29 is 18.8 Å². The molecule has 0 bridgehead atoms. The molecule has 0 aromatic heterocycles. The van der Waals surface area contributed by atoms with Crippen molar-refractivity contribution in [2.24, 2.45) is 5.16 Å². The SMILES string of the molecule is CC1CC(COc2ccc(C(=O)N3CCCC3CN3CCCC3C)c(F)c2)=NO1. The first-order chi connectivity index (χ1) is 14.0. The second-order valence-corrected chi connectivity index (χ2v) is 8.49. The number of amides is 1. The highest BCUT2D eigenvalue weighted by atomic mass is 19.1. The molecule has 3 atom stereocenters. The number of ether oxygens (including phenoxy) is 1. The van der Waals surface area contributed by atoms with Crippen LogP contribution in [0.5, 0.6) is 5.75 Å². The molecule has 1 amide bonds. The van der Waals surface area contributed by atoms with E-state index in [1.807, 2.05) is 11.8 Å². The fraction of sp³-hybridized carbons (Fsp3) is 0.636. The molecule has 3 unspecified atom stereocenters. The zero-order chi connectivity index (χ0) is 20.4. The van der Waals surface area contributed by atoms with E-state index in [-0.39, 0.29) is 30.2 Å². The van der Waals surface area contributed by atoms with Gasteiger partial charge in [-0.3, -0.25) is 9.69 Å². The summed E-state index contributed by atoms with van der Waals surface area (Å²) in [6.07, 6.45) is 5.17. The summed E-state index contributed by atoms with van der Waals surface area (Å²) in [7, 11) is 0. The van der Waals surface area contributed by atoms with Crippen LogP contribution in [0.25, 0.3) is 0 Å². The number of carbonyl (C=O) groups excluding carboxylic acids is 1. The van der Waals surface area contributed by atoms with Crippen LogP contribution in [0, 0.1) is 5.82 Å². The standard InChI is InChI=1S/C22H30FN3O3/c1-15-5-3-9-25(15)13-18-6-4-10-26(18)22(27)20-8-7-19(12-21(20)23)28-14-17-11-16(2)29-24-17/h7-8,12,15-16,18H,3-6,9-11,13-14H2,1-2H3. The Morgan fingerprint density at radius 3 is 2.79 bits per heavy atom. The van der Waals surface area contributed by atoms with Crippen molar-refractivity contribution in [3.63, 3.8) is 0 Å². The number of hydrogen-bond donors (Lipinski definition) is 0. The van der Waals surface area contributed by atoms with Gasteiger partial charge in [0.25, 0.3) is 5.91 Å². The maximum absolute atomic E-state index is 14.7. The van der Waals surface area contributed by atoms with Crippen molar-refractivity contribution in [1.29, 1.82) is 0 Å². The van der Waals surface area contributed by atoms with Crippen molar-refractivity contribution in [3.05, 3.63) is 29.6 Å². The molecule has 6 nitrogen and oxygen atoms in total. The number of nitrogens with zero attached hydrogens (tertiary/aromatic N) is 3. The average molecular weight is 403 g/mol. The van der Waals surface area contributed by atoms with E-state index in [9.17, 15) is 9.18 Å². The maximum atomic E-state index is 14.7. The molecule has 1 aromatic rings. The third-order valence-corrected chi connectivity index (χ3v) is 6.24. The van der Waals surface area contributed by atoms with Gasteiger partial charge in [-0.2, -0.15) is 0 Å². The van der Waals surface area contributed by atoms with Crippen molar-refractivity contribution in [1.82, 2.24) is 9.80 Å². The molecule has 0 N–H and O–H groups in total. The number of carbonyl (C=O) groups is 1. The van der Waals surface area contributed by atoms with Gasteiger partial charge < -0.3 is 14.5 Å². The van der Waals surface area contributed by atoms with Crippen LogP contribution in [0.2, 0.25) is 0 Å². The lowest BCUT2D eigenvalue weighted by molar-refractivity contribution is 0.0692. The van der Waals surface area contributed by atoms with E-state index in [1.54, 1.807) is 6.07 Å². The Morgan fingerprint density at radius 1 is 1.28 bits per heavy atom. The minimum atomic E-state index is -0.536. The monoisotopic (exact) mass is 403 g/mol. The Bertz CT molecular complexity index is 785. The van der Waals surface area contributed by atoms with Crippen LogP contribution >= 0.6 is 0 Å². The van der Waals surface area contributed by atoms with Gasteiger partial charge in [0.15, 0.2) is 0 Å². The Kier molecular flexibility index (Phi) is 6.04. The van der Waals surface area contributed by atoms with Gasteiger partial charge in [-0.1, -0.05) is 5.16 Å². The number of halogens is 1. The van der Waals surface area contributed by atoms with Gasteiger partial charge in [0.05, 0.1) is 11.3 Å². The van der Waals surface area contributed by atoms with Gasteiger partial charge in [0.2, 0.25) is 0 Å². The van der Waals surface area contributed by atoms with E-state index in [2.05, 4.69) is 17.0 Å². The fourth-order valence-corrected chi connectivity index (χ4v) is 4.56. The first-order valence-corrected chi connectivity index (χ1v) is 10.7. The first kappa shape index (κ1) is 20.1. The van der Waals surface area contributed by atoms with E-state index in [4.69, 9.17) is 9.57 Å². The van der Waals surface area contributed by atoms with Crippen LogP contribution in [0.1, 0.15) is 56.3 Å². The molecule has 0 spiro atoms. The summed E-state index contributed by atoms with van der Waals surface area (Å²) < 4.78 is 20.3. The number of hydrogen-bond acceptors (Lipinski definition) is 5. The van der Waals surface area contributed by atoms with Crippen molar-refractivity contribution in [3.8, 4) is 5.75 Å². The highest BCUT2D eigenvalue weighted by molar-refractivity contribution is 5.95. The Balaban J connectivity index is 1.38. The van der Waals surface area contributed by atoms with E-state index in [1.165, 1.54) is 25.0 Å². The van der Waals surface area contributed by atoms with Crippen LogP contribution in [0.15, 0.2) is 23.4 Å². The van der Waals surface area contributed by atoms with E-state index in [0.29, 0.717) is 24.8 Å². The van der Waals surface area contributed by atoms with Crippen LogP contribution in [-0.4, -0.2) is 65.8 Å². The Morgan fingerprint density at radius 2 is 2.10 bits per heavy atom. The minimum absolute atomic E-state index is 0.0577. The molecule has 4 rings (SSSR count). The molecular formula is C22H30FN3O3. The van der Waals surface area contributed by atoms with Gasteiger partial charge in [0, 0.05) is 37.7 Å². The third-order valence-electron chi connectivity index (χ3n) is 6.24. The largest absolute Gasteiger partial charge is 0.487 e. The Hall–Kier alpha value is -2.15. The predicted molar refractivity (Wildman–Crippen MR) is 109 cm³/mol. The molecule has 0 saturated carbocycles. The summed E-state index contributed by atoms with van der Waals surface area (Å²) in [4.78, 5) is 22.5. The maximum Gasteiger partial charge on any atom is 0.257 e. The number of rotatable bonds is 6. The van der Waals surface area contributed by atoms with Gasteiger partial charge in [0.1, 0.15) is 24.3 Å². The lowest BCUT2D eigenvalue weighted by Crippen LogP contribution is -2.44. The van der Waals surface area contributed by atoms with Crippen LogP contribution in [-0.2, 0) is 4.84 Å². The summed E-state index contributed by atoms with van der Waals surface area (Å²) >= 11 is 0. The number of oxime groups is 1. The summed E-state index contributed by atoms with van der Waals surface area (Å²) in [5, 5.41) is 3.94. The summed E-state index contributed by atoms with van der Waals surface area (Å²) in [6, 6.07) is 5.22. The molecule has 3 aliphatic rings. The van der Waals surface area contributed by atoms with Gasteiger partial charge in [-0.25, -0.2) is 4.39 Å². The fourth-order valence-electron chi connectivity index (χ4n) is 4.56. The van der Waals surface area contributed by atoms with E-state index < -0.39 is 5.82 Å². The van der Waals surface area contributed by atoms with Crippen molar-refractivity contribution in [2.45, 2.75) is 64.1 Å². The second kappa shape index (κ2) is 8.69. The van der Waals surface area contributed by atoms with E-state index in [0.717, 1.165) is 31.6 Å². The molecule has 7 heteroatoms. The van der Waals surface area contributed by atoms with Crippen molar-refractivity contribution >= 4 is 11.6 Å². The molecule has 2 fully saturated rings. The zero-order valence-electron chi connectivity index (χ0n) is 17.3. The Labute approximate surface area is 171 Å². The summed E-state index contributed by atoms with van der Waals surface area (Å²) in [5.74, 6) is -0.360. The lowest BCUT2D eigenvalue weighted by Gasteiger charge is -2.31. The number of benzene rings is 1. The smallest absolute Gasteiger partial charge is 0.257 e. The normalized spacial score (nSPS) is 27.2. The molecule has 1 aromatic carbocycles. The first-order valence-electron chi connectivity index (χ1n) is 10.7. The molecule has 29 heavy (non-hydrogen) atoms. The average Bonchev–Trinajstić information content (AvgIpc) is 3.43. The summed E-state index contributed by atoms with van der Waals surface area (Å²) in [5.41, 5.74) is 0.919. The number of likely N-dealkylation sites (tertiary alicyclic amines) is 2. The quantitative estimate of drug-likeness (QED) is 0.730. The minimum Gasteiger partial charge on any atom is -0.487 e. The van der Waals surface area contributed by atoms with Crippen molar-refractivity contribution in [2.75, 3.05) is 26.2 Å². The molecule has 2 saturated heterocycles. The zero-order valence-corrected chi connectivity index (χ0v) is 17.3. The predicted octanol–water partition coefficient (Wildman–Crippen LogP) is 3.46. The molecule has 0 radical (unpaired) electrons.